The number of benzene rings is 1. The van der Waals surface area contributed by atoms with Gasteiger partial charge in [-0.2, -0.15) is 0 Å². The Bertz CT molecular complexity index is 655. The summed E-state index contributed by atoms with van der Waals surface area (Å²) in [6.45, 7) is 1.21. The minimum absolute atomic E-state index is 0.247. The van der Waals surface area contributed by atoms with Crippen LogP contribution in [0.15, 0.2) is 24.3 Å². The average Bonchev–Trinajstić information content (AvgIpc) is 2.64. The average molecular weight is 358 g/mol. The summed E-state index contributed by atoms with van der Waals surface area (Å²) >= 11 is 0. The first kappa shape index (κ1) is 17.9. The fourth-order valence-electron chi connectivity index (χ4n) is 3.14. The number of carbonyl (C=O) groups excluding carboxylic acids is 4. The third kappa shape index (κ3) is 4.19. The van der Waals surface area contributed by atoms with E-state index in [1.807, 2.05) is 0 Å². The Morgan fingerprint density at radius 1 is 0.769 bits per heavy atom. The number of carbonyl (C=O) groups is 4. The summed E-state index contributed by atoms with van der Waals surface area (Å²) in [7, 11) is 0. The van der Waals surface area contributed by atoms with Crippen molar-refractivity contribution in [2.24, 2.45) is 11.8 Å². The van der Waals surface area contributed by atoms with Crippen LogP contribution in [0.25, 0.3) is 0 Å². The topological polar surface area (TPSA) is 116 Å². The van der Waals surface area contributed by atoms with Crippen LogP contribution >= 0.6 is 0 Å². The van der Waals surface area contributed by atoms with E-state index in [-0.39, 0.29) is 23.6 Å². The first-order valence-electron chi connectivity index (χ1n) is 8.82. The summed E-state index contributed by atoms with van der Waals surface area (Å²) in [5.41, 5.74) is 1.09. The molecule has 2 fully saturated rings. The molecule has 0 aliphatic carbocycles. The first-order valence-corrected chi connectivity index (χ1v) is 8.82. The van der Waals surface area contributed by atoms with Crippen LogP contribution < -0.4 is 21.3 Å². The molecule has 2 heterocycles. The second kappa shape index (κ2) is 7.99. The molecule has 8 nitrogen and oxygen atoms in total. The van der Waals surface area contributed by atoms with Crippen molar-refractivity contribution < 1.29 is 19.2 Å². The van der Waals surface area contributed by atoms with Crippen LogP contribution in [0.3, 0.4) is 0 Å². The highest BCUT2D eigenvalue weighted by molar-refractivity contribution is 6.08. The number of anilines is 2. The fraction of sp³-hybridized carbons (Fsp3) is 0.444. The molecule has 0 unspecified atom stereocenters. The van der Waals surface area contributed by atoms with E-state index in [2.05, 4.69) is 21.3 Å². The maximum atomic E-state index is 12.2. The molecule has 1 aromatic rings. The minimum atomic E-state index is -0.673. The molecule has 4 amide bonds. The zero-order chi connectivity index (χ0) is 18.5. The van der Waals surface area contributed by atoms with Gasteiger partial charge >= 0.3 is 0 Å². The van der Waals surface area contributed by atoms with Crippen molar-refractivity contribution >= 4 is 35.0 Å². The van der Waals surface area contributed by atoms with Gasteiger partial charge in [0, 0.05) is 24.5 Å². The Hall–Kier alpha value is -2.90. The van der Waals surface area contributed by atoms with E-state index in [0.29, 0.717) is 37.3 Å². The largest absolute Gasteiger partial charge is 0.355 e. The van der Waals surface area contributed by atoms with Gasteiger partial charge in [0.25, 0.3) is 0 Å². The summed E-state index contributed by atoms with van der Waals surface area (Å²) in [4.78, 5) is 47.8. The van der Waals surface area contributed by atoms with E-state index in [1.54, 1.807) is 24.3 Å². The van der Waals surface area contributed by atoms with Gasteiger partial charge in [-0.3, -0.25) is 19.2 Å². The van der Waals surface area contributed by atoms with Gasteiger partial charge in [0.1, 0.15) is 11.8 Å². The summed E-state index contributed by atoms with van der Waals surface area (Å²) in [5.74, 6) is -2.51. The monoisotopic (exact) mass is 358 g/mol. The number of rotatable bonds is 4. The van der Waals surface area contributed by atoms with Crippen LogP contribution in [0.2, 0.25) is 0 Å². The predicted molar refractivity (Wildman–Crippen MR) is 95.2 cm³/mol. The standard InChI is InChI=1S/C18H22N4O4/c23-15-13(3-1-9-19-15)17(25)21-11-5-7-12(8-6-11)22-18(26)14-4-2-10-20-16(14)24/h5-8,13-14H,1-4,9-10H2,(H,19,23)(H,20,24)(H,21,25)(H,22,26)/t13-,14-/m0/s1. The Kier molecular flexibility index (Phi) is 5.50. The smallest absolute Gasteiger partial charge is 0.236 e. The highest BCUT2D eigenvalue weighted by Crippen LogP contribution is 2.19. The van der Waals surface area contributed by atoms with Crippen LogP contribution in [-0.4, -0.2) is 36.7 Å². The van der Waals surface area contributed by atoms with Gasteiger partial charge < -0.3 is 21.3 Å². The molecule has 0 spiro atoms. The molecule has 0 saturated carbocycles. The van der Waals surface area contributed by atoms with Crippen molar-refractivity contribution in [2.45, 2.75) is 25.7 Å². The fourth-order valence-corrected chi connectivity index (χ4v) is 3.14. The number of piperidine rings is 2. The summed E-state index contributed by atoms with van der Waals surface area (Å²) < 4.78 is 0. The van der Waals surface area contributed by atoms with Crippen molar-refractivity contribution in [3.8, 4) is 0 Å². The Morgan fingerprint density at radius 2 is 1.15 bits per heavy atom. The third-order valence-corrected chi connectivity index (χ3v) is 4.62. The normalized spacial score (nSPS) is 22.8. The van der Waals surface area contributed by atoms with Crippen molar-refractivity contribution in [3.63, 3.8) is 0 Å². The second-order valence-corrected chi connectivity index (χ2v) is 6.53. The summed E-state index contributed by atoms with van der Waals surface area (Å²) in [6.07, 6.45) is 2.64. The molecule has 0 aromatic heterocycles. The molecule has 0 bridgehead atoms. The van der Waals surface area contributed by atoms with Crippen LogP contribution in [0.4, 0.5) is 11.4 Å². The predicted octanol–water partition coefficient (Wildman–Crippen LogP) is 0.616. The summed E-state index contributed by atoms with van der Waals surface area (Å²) in [6, 6.07) is 6.59. The lowest BCUT2D eigenvalue weighted by molar-refractivity contribution is -0.135. The molecule has 8 heteroatoms. The number of amides is 4. The maximum absolute atomic E-state index is 12.2. The molecule has 138 valence electrons. The Balaban J connectivity index is 1.56. The van der Waals surface area contributed by atoms with E-state index in [1.165, 1.54) is 0 Å². The molecular weight excluding hydrogens is 336 g/mol. The third-order valence-electron chi connectivity index (χ3n) is 4.62. The van der Waals surface area contributed by atoms with Gasteiger partial charge in [-0.1, -0.05) is 0 Å². The SMILES string of the molecule is O=C1NCCC[C@@H]1C(=O)Nc1ccc(NC(=O)[C@H]2CCCNC2=O)cc1. The van der Waals surface area contributed by atoms with Crippen LogP contribution in [0, 0.1) is 11.8 Å². The van der Waals surface area contributed by atoms with Gasteiger partial charge in [0.05, 0.1) is 0 Å². The zero-order valence-electron chi connectivity index (χ0n) is 14.3. The van der Waals surface area contributed by atoms with Crippen LogP contribution in [-0.2, 0) is 19.2 Å². The van der Waals surface area contributed by atoms with Crippen LogP contribution in [0.1, 0.15) is 25.7 Å². The molecule has 26 heavy (non-hydrogen) atoms. The lowest BCUT2D eigenvalue weighted by atomic mass is 9.97. The molecule has 1 aromatic carbocycles. The quantitative estimate of drug-likeness (QED) is 0.590. The summed E-state index contributed by atoms with van der Waals surface area (Å²) in [5, 5.41) is 10.8. The first-order chi connectivity index (χ1) is 12.5. The molecule has 2 aliphatic rings. The highest BCUT2D eigenvalue weighted by atomic mass is 16.2. The molecule has 4 N–H and O–H groups in total. The Labute approximate surface area is 151 Å². The van der Waals surface area contributed by atoms with Gasteiger partial charge in [-0.05, 0) is 49.9 Å². The lowest BCUT2D eigenvalue weighted by Crippen LogP contribution is -2.42. The molecule has 3 rings (SSSR count). The zero-order valence-corrected chi connectivity index (χ0v) is 14.3. The maximum Gasteiger partial charge on any atom is 0.236 e. The van der Waals surface area contributed by atoms with E-state index in [9.17, 15) is 19.2 Å². The highest BCUT2D eigenvalue weighted by Gasteiger charge is 2.30. The van der Waals surface area contributed by atoms with E-state index >= 15 is 0 Å². The van der Waals surface area contributed by atoms with Gasteiger partial charge in [-0.25, -0.2) is 0 Å². The van der Waals surface area contributed by atoms with Gasteiger partial charge in [0.15, 0.2) is 0 Å². The number of hydrogen-bond acceptors (Lipinski definition) is 4. The molecule has 2 saturated heterocycles. The van der Waals surface area contributed by atoms with Crippen molar-refractivity contribution in [2.75, 3.05) is 23.7 Å². The van der Waals surface area contributed by atoms with E-state index in [0.717, 1.165) is 12.8 Å². The van der Waals surface area contributed by atoms with Gasteiger partial charge in [-0.15, -0.1) is 0 Å². The van der Waals surface area contributed by atoms with Crippen molar-refractivity contribution in [3.05, 3.63) is 24.3 Å². The van der Waals surface area contributed by atoms with Gasteiger partial charge in [0.2, 0.25) is 23.6 Å². The molecular formula is C18H22N4O4. The minimum Gasteiger partial charge on any atom is -0.355 e. The molecule has 2 aliphatic heterocycles. The van der Waals surface area contributed by atoms with E-state index < -0.39 is 11.8 Å². The molecule has 2 atom stereocenters. The van der Waals surface area contributed by atoms with Crippen molar-refractivity contribution in [1.29, 1.82) is 0 Å². The Morgan fingerprint density at radius 3 is 1.50 bits per heavy atom. The molecule has 0 radical (unpaired) electrons. The van der Waals surface area contributed by atoms with E-state index in [4.69, 9.17) is 0 Å². The second-order valence-electron chi connectivity index (χ2n) is 6.53. The van der Waals surface area contributed by atoms with Crippen molar-refractivity contribution in [1.82, 2.24) is 10.6 Å². The number of nitrogens with one attached hydrogen (secondary N) is 4. The number of hydrogen-bond donors (Lipinski definition) is 4. The lowest BCUT2D eigenvalue weighted by Gasteiger charge is -2.21. The van der Waals surface area contributed by atoms with Crippen LogP contribution in [0.5, 0.6) is 0 Å².